The summed E-state index contributed by atoms with van der Waals surface area (Å²) in [5.74, 6) is 0.515. The normalized spacial score (nSPS) is 21.1. The highest BCUT2D eigenvalue weighted by atomic mass is 16.5. The molecular formula is C15H17N3O. The Kier molecular flexibility index (Phi) is 3.42. The molecule has 1 heterocycles. The summed E-state index contributed by atoms with van der Waals surface area (Å²) in [4.78, 5) is 8.25. The van der Waals surface area contributed by atoms with Crippen LogP contribution in [0, 0.1) is 0 Å². The van der Waals surface area contributed by atoms with Crippen molar-refractivity contribution in [2.24, 2.45) is 0 Å². The first-order valence-corrected chi connectivity index (χ1v) is 6.47. The molecular weight excluding hydrogens is 238 g/mol. The number of benzene rings is 1. The lowest BCUT2D eigenvalue weighted by molar-refractivity contribution is 0.185. The number of anilines is 1. The molecule has 4 nitrogen and oxygen atoms in total. The fourth-order valence-corrected chi connectivity index (χ4v) is 2.28. The second-order valence-electron chi connectivity index (χ2n) is 4.86. The van der Waals surface area contributed by atoms with E-state index < -0.39 is 0 Å². The van der Waals surface area contributed by atoms with Crippen LogP contribution in [0.5, 0.6) is 0 Å². The van der Waals surface area contributed by atoms with Crippen LogP contribution in [0.25, 0.3) is 0 Å². The van der Waals surface area contributed by atoms with Crippen LogP contribution in [0.1, 0.15) is 23.6 Å². The summed E-state index contributed by atoms with van der Waals surface area (Å²) in [7, 11) is 1.71. The third kappa shape index (κ3) is 2.90. The summed E-state index contributed by atoms with van der Waals surface area (Å²) in [6.45, 7) is 0.660. The van der Waals surface area contributed by atoms with E-state index in [1.54, 1.807) is 19.6 Å². The van der Waals surface area contributed by atoms with Gasteiger partial charge in [0.15, 0.2) is 0 Å². The predicted octanol–water partition coefficient (Wildman–Crippen LogP) is 2.59. The Morgan fingerprint density at radius 1 is 1.26 bits per heavy atom. The molecule has 98 valence electrons. The first-order valence-electron chi connectivity index (χ1n) is 6.47. The van der Waals surface area contributed by atoms with Crippen molar-refractivity contribution in [2.75, 3.05) is 12.4 Å². The van der Waals surface area contributed by atoms with Gasteiger partial charge in [-0.1, -0.05) is 12.1 Å². The van der Waals surface area contributed by atoms with E-state index in [9.17, 15) is 0 Å². The molecule has 1 aromatic heterocycles. The summed E-state index contributed by atoms with van der Waals surface area (Å²) >= 11 is 0. The summed E-state index contributed by atoms with van der Waals surface area (Å²) < 4.78 is 5.10. The van der Waals surface area contributed by atoms with Crippen molar-refractivity contribution in [3.63, 3.8) is 0 Å². The minimum atomic E-state index is 0.489. The van der Waals surface area contributed by atoms with Crippen molar-refractivity contribution < 1.29 is 4.74 Å². The Morgan fingerprint density at radius 2 is 2.11 bits per heavy atom. The molecule has 0 saturated heterocycles. The van der Waals surface area contributed by atoms with Gasteiger partial charge >= 0.3 is 0 Å². The fraction of sp³-hybridized carbons (Fsp3) is 0.333. The Bertz CT molecular complexity index is 527. The van der Waals surface area contributed by atoms with Crippen LogP contribution in [0.3, 0.4) is 0 Å². The zero-order valence-corrected chi connectivity index (χ0v) is 10.9. The van der Waals surface area contributed by atoms with Crippen molar-refractivity contribution in [3.05, 3.63) is 54.1 Å². The smallest absolute Gasteiger partial charge is 0.115 e. The van der Waals surface area contributed by atoms with Gasteiger partial charge in [-0.15, -0.1) is 0 Å². The summed E-state index contributed by atoms with van der Waals surface area (Å²) in [6.07, 6.45) is 4.55. The molecule has 3 rings (SSSR count). The summed E-state index contributed by atoms with van der Waals surface area (Å²) in [6, 6.07) is 10.9. The Hall–Kier alpha value is -1.94. The standard InChI is InChI=1S/C15H17N3O/c1-19-9-11-2-4-12(5-3-11)18-15-8-13(15)14-6-7-16-10-17-14/h2-7,10,13,15,18H,8-9H2,1H3. The molecule has 0 aliphatic heterocycles. The molecule has 0 spiro atoms. The van der Waals surface area contributed by atoms with Crippen molar-refractivity contribution in [1.82, 2.24) is 9.97 Å². The Morgan fingerprint density at radius 3 is 2.79 bits per heavy atom. The third-order valence-electron chi connectivity index (χ3n) is 3.39. The van der Waals surface area contributed by atoms with E-state index in [1.165, 1.54) is 5.56 Å². The molecule has 1 saturated carbocycles. The fourth-order valence-electron chi connectivity index (χ4n) is 2.28. The molecule has 2 aromatic rings. The van der Waals surface area contributed by atoms with Gasteiger partial charge in [-0.2, -0.15) is 0 Å². The maximum atomic E-state index is 5.10. The maximum absolute atomic E-state index is 5.10. The Balaban J connectivity index is 1.58. The van der Waals surface area contributed by atoms with E-state index in [0.29, 0.717) is 18.6 Å². The first kappa shape index (κ1) is 12.1. The number of hydrogen-bond acceptors (Lipinski definition) is 4. The average Bonchev–Trinajstić information content (AvgIpc) is 3.22. The van der Waals surface area contributed by atoms with Gasteiger partial charge in [-0.3, -0.25) is 0 Å². The number of ether oxygens (including phenoxy) is 1. The molecule has 19 heavy (non-hydrogen) atoms. The van der Waals surface area contributed by atoms with Crippen LogP contribution >= 0.6 is 0 Å². The summed E-state index contributed by atoms with van der Waals surface area (Å²) in [5, 5.41) is 3.53. The van der Waals surface area contributed by atoms with Crippen LogP contribution in [-0.4, -0.2) is 23.1 Å². The number of nitrogens with zero attached hydrogens (tertiary/aromatic N) is 2. The minimum Gasteiger partial charge on any atom is -0.382 e. The van der Waals surface area contributed by atoms with Crippen molar-refractivity contribution in [2.45, 2.75) is 25.0 Å². The SMILES string of the molecule is COCc1ccc(NC2CC2c2ccncn2)cc1. The highest BCUT2D eigenvalue weighted by Crippen LogP contribution is 2.41. The summed E-state index contributed by atoms with van der Waals surface area (Å²) in [5.41, 5.74) is 3.47. The zero-order valence-electron chi connectivity index (χ0n) is 10.9. The van der Waals surface area contributed by atoms with Gasteiger partial charge in [0.2, 0.25) is 0 Å². The third-order valence-corrected chi connectivity index (χ3v) is 3.39. The number of aromatic nitrogens is 2. The molecule has 0 bridgehead atoms. The maximum Gasteiger partial charge on any atom is 0.115 e. The monoisotopic (exact) mass is 255 g/mol. The van der Waals surface area contributed by atoms with Gasteiger partial charge < -0.3 is 10.1 Å². The van der Waals surface area contributed by atoms with Gasteiger partial charge in [0.25, 0.3) is 0 Å². The average molecular weight is 255 g/mol. The van der Waals surface area contributed by atoms with Crippen LogP contribution in [0.15, 0.2) is 42.9 Å². The number of rotatable bonds is 5. The van der Waals surface area contributed by atoms with E-state index in [0.717, 1.165) is 17.8 Å². The molecule has 1 N–H and O–H groups in total. The molecule has 2 atom stereocenters. The van der Waals surface area contributed by atoms with E-state index in [4.69, 9.17) is 4.74 Å². The zero-order chi connectivity index (χ0) is 13.1. The van der Waals surface area contributed by atoms with Gasteiger partial charge in [-0.05, 0) is 30.2 Å². The second-order valence-corrected chi connectivity index (χ2v) is 4.86. The van der Waals surface area contributed by atoms with Crippen LogP contribution in [0.4, 0.5) is 5.69 Å². The van der Waals surface area contributed by atoms with E-state index in [-0.39, 0.29) is 0 Å². The number of nitrogens with one attached hydrogen (secondary N) is 1. The van der Waals surface area contributed by atoms with Gasteiger partial charge in [0.05, 0.1) is 6.61 Å². The second kappa shape index (κ2) is 5.36. The Labute approximate surface area is 112 Å². The lowest BCUT2D eigenvalue weighted by Gasteiger charge is -2.07. The lowest BCUT2D eigenvalue weighted by atomic mass is 10.2. The van der Waals surface area contributed by atoms with E-state index >= 15 is 0 Å². The molecule has 2 unspecified atom stereocenters. The predicted molar refractivity (Wildman–Crippen MR) is 74.0 cm³/mol. The molecule has 0 radical (unpaired) electrons. The molecule has 4 heteroatoms. The number of hydrogen-bond donors (Lipinski definition) is 1. The van der Waals surface area contributed by atoms with Gasteiger partial charge in [0, 0.05) is 36.6 Å². The highest BCUT2D eigenvalue weighted by Gasteiger charge is 2.39. The molecule has 1 aromatic carbocycles. The van der Waals surface area contributed by atoms with Crippen molar-refractivity contribution in [1.29, 1.82) is 0 Å². The molecule has 1 aliphatic carbocycles. The number of methoxy groups -OCH3 is 1. The minimum absolute atomic E-state index is 0.489. The highest BCUT2D eigenvalue weighted by molar-refractivity contribution is 5.48. The largest absolute Gasteiger partial charge is 0.382 e. The van der Waals surface area contributed by atoms with Crippen molar-refractivity contribution >= 4 is 5.69 Å². The van der Waals surface area contributed by atoms with Crippen LogP contribution in [0.2, 0.25) is 0 Å². The lowest BCUT2D eigenvalue weighted by Crippen LogP contribution is -2.04. The quantitative estimate of drug-likeness (QED) is 0.892. The van der Waals surface area contributed by atoms with E-state index in [1.807, 2.05) is 6.07 Å². The van der Waals surface area contributed by atoms with Gasteiger partial charge in [-0.25, -0.2) is 9.97 Å². The van der Waals surface area contributed by atoms with Crippen LogP contribution in [-0.2, 0) is 11.3 Å². The van der Waals surface area contributed by atoms with E-state index in [2.05, 4.69) is 39.6 Å². The topological polar surface area (TPSA) is 47.0 Å². The van der Waals surface area contributed by atoms with Crippen LogP contribution < -0.4 is 5.32 Å². The molecule has 1 aliphatic rings. The van der Waals surface area contributed by atoms with Crippen molar-refractivity contribution in [3.8, 4) is 0 Å². The van der Waals surface area contributed by atoms with Gasteiger partial charge in [0.1, 0.15) is 6.33 Å². The molecule has 1 fully saturated rings. The molecule has 0 amide bonds. The first-order chi connectivity index (χ1) is 9.36.